The lowest BCUT2D eigenvalue weighted by molar-refractivity contribution is 0.548. The molecule has 1 nitrogen and oxygen atoms in total. The quantitative estimate of drug-likeness (QED) is 0.506. The number of allylic oxidation sites excluding steroid dienone is 4. The first-order valence-corrected chi connectivity index (χ1v) is 9.74. The molecular formula is C21H37N. The van der Waals surface area contributed by atoms with Crippen LogP contribution >= 0.6 is 0 Å². The van der Waals surface area contributed by atoms with Gasteiger partial charge in [0.05, 0.1) is 0 Å². The molecule has 1 saturated carbocycles. The van der Waals surface area contributed by atoms with Crippen LogP contribution in [-0.4, -0.2) is 0 Å². The molecule has 0 spiro atoms. The summed E-state index contributed by atoms with van der Waals surface area (Å²) in [6, 6.07) is 0. The number of hydrogen-bond donors (Lipinski definition) is 1. The lowest BCUT2D eigenvalue weighted by atomic mass is 10.1. The molecule has 1 heterocycles. The molecule has 0 radical (unpaired) electrons. The van der Waals surface area contributed by atoms with Gasteiger partial charge in [0.25, 0.3) is 0 Å². The summed E-state index contributed by atoms with van der Waals surface area (Å²) < 4.78 is 0. The Kier molecular flexibility index (Phi) is 14.2. The average Bonchev–Trinajstić information content (AvgIpc) is 2.86. The first-order valence-electron chi connectivity index (χ1n) is 9.74. The van der Waals surface area contributed by atoms with Crippen molar-refractivity contribution in [2.75, 3.05) is 0 Å². The Bertz CT molecular complexity index is 228. The van der Waals surface area contributed by atoms with Crippen molar-refractivity contribution < 1.29 is 0 Å². The van der Waals surface area contributed by atoms with Gasteiger partial charge in [0, 0.05) is 12.4 Å². The summed E-state index contributed by atoms with van der Waals surface area (Å²) in [6.07, 6.45) is 34.1. The highest BCUT2D eigenvalue weighted by molar-refractivity contribution is 5.14. The summed E-state index contributed by atoms with van der Waals surface area (Å²) in [6.45, 7) is 0. The molecule has 0 aromatic rings. The van der Waals surface area contributed by atoms with E-state index in [-0.39, 0.29) is 0 Å². The minimum atomic E-state index is 1.50. The van der Waals surface area contributed by atoms with Gasteiger partial charge in [-0.05, 0) is 12.2 Å². The SMILES string of the molecule is C1=CC=CNC=C1.C1CCCCCCCCCCCCCC1. The number of hydrogen-bond acceptors (Lipinski definition) is 1. The Balaban J connectivity index is 0.000000287. The van der Waals surface area contributed by atoms with Gasteiger partial charge in [0.1, 0.15) is 0 Å². The lowest BCUT2D eigenvalue weighted by Gasteiger charge is -2.01. The van der Waals surface area contributed by atoms with Crippen LogP contribution in [0.3, 0.4) is 0 Å². The summed E-state index contributed by atoms with van der Waals surface area (Å²) in [4.78, 5) is 0. The molecule has 0 amide bonds. The van der Waals surface area contributed by atoms with E-state index >= 15 is 0 Å². The van der Waals surface area contributed by atoms with Gasteiger partial charge in [-0.2, -0.15) is 0 Å². The molecule has 0 bridgehead atoms. The van der Waals surface area contributed by atoms with Crippen molar-refractivity contribution in [3.05, 3.63) is 36.7 Å². The molecule has 1 N–H and O–H groups in total. The molecule has 1 aliphatic carbocycles. The van der Waals surface area contributed by atoms with Crippen LogP contribution in [0.1, 0.15) is 96.3 Å². The van der Waals surface area contributed by atoms with E-state index in [9.17, 15) is 0 Å². The molecule has 1 fully saturated rings. The zero-order valence-corrected chi connectivity index (χ0v) is 14.6. The first-order chi connectivity index (χ1) is 11.0. The fourth-order valence-electron chi connectivity index (χ4n) is 3.06. The highest BCUT2D eigenvalue weighted by Crippen LogP contribution is 2.16. The average molecular weight is 304 g/mol. The van der Waals surface area contributed by atoms with Crippen molar-refractivity contribution >= 4 is 0 Å². The number of rotatable bonds is 0. The van der Waals surface area contributed by atoms with Gasteiger partial charge >= 0.3 is 0 Å². The maximum Gasteiger partial charge on any atom is 0.000442 e. The smallest absolute Gasteiger partial charge is 0.000442 e. The third kappa shape index (κ3) is 14.0. The molecule has 126 valence electrons. The van der Waals surface area contributed by atoms with Crippen LogP contribution in [0, 0.1) is 0 Å². The van der Waals surface area contributed by atoms with Crippen LogP contribution < -0.4 is 5.32 Å². The molecule has 0 aromatic heterocycles. The van der Waals surface area contributed by atoms with Crippen molar-refractivity contribution in [2.24, 2.45) is 0 Å². The topological polar surface area (TPSA) is 12.0 Å². The van der Waals surface area contributed by atoms with Gasteiger partial charge in [-0.15, -0.1) is 0 Å². The summed E-state index contributed by atoms with van der Waals surface area (Å²) in [7, 11) is 0. The zero-order valence-electron chi connectivity index (χ0n) is 14.6. The summed E-state index contributed by atoms with van der Waals surface area (Å²) in [5, 5.41) is 2.92. The minimum Gasteiger partial charge on any atom is -0.368 e. The van der Waals surface area contributed by atoms with Crippen LogP contribution in [0.4, 0.5) is 0 Å². The Morgan fingerprint density at radius 2 is 0.545 bits per heavy atom. The van der Waals surface area contributed by atoms with Crippen molar-refractivity contribution in [3.8, 4) is 0 Å². The third-order valence-electron chi connectivity index (χ3n) is 4.47. The van der Waals surface area contributed by atoms with E-state index < -0.39 is 0 Å². The largest absolute Gasteiger partial charge is 0.368 e. The van der Waals surface area contributed by atoms with Gasteiger partial charge in [-0.1, -0.05) is 108 Å². The van der Waals surface area contributed by atoms with Gasteiger partial charge in [0.2, 0.25) is 0 Å². The lowest BCUT2D eigenvalue weighted by Crippen LogP contribution is -1.87. The van der Waals surface area contributed by atoms with E-state index in [1.165, 1.54) is 96.3 Å². The highest BCUT2D eigenvalue weighted by atomic mass is 14.8. The molecule has 0 saturated heterocycles. The second-order valence-electron chi connectivity index (χ2n) is 6.57. The van der Waals surface area contributed by atoms with Crippen molar-refractivity contribution in [2.45, 2.75) is 96.3 Å². The van der Waals surface area contributed by atoms with Crippen molar-refractivity contribution in [3.63, 3.8) is 0 Å². The molecule has 0 unspecified atom stereocenters. The molecule has 22 heavy (non-hydrogen) atoms. The highest BCUT2D eigenvalue weighted by Gasteiger charge is 1.96. The molecular weight excluding hydrogens is 266 g/mol. The monoisotopic (exact) mass is 303 g/mol. The standard InChI is InChI=1S/C15H30.C6H7N/c1-2-4-6-8-10-12-14-15-13-11-9-7-5-3-1;1-2-4-6-7-5-3-1/h1-15H2;1-7H. The Morgan fingerprint density at radius 1 is 0.318 bits per heavy atom. The fourth-order valence-corrected chi connectivity index (χ4v) is 3.06. The summed E-state index contributed by atoms with van der Waals surface area (Å²) >= 11 is 0. The molecule has 1 aliphatic heterocycles. The minimum absolute atomic E-state index is 1.50. The molecule has 2 rings (SSSR count). The molecule has 0 aromatic carbocycles. The first kappa shape index (κ1) is 19.1. The van der Waals surface area contributed by atoms with Crippen LogP contribution in [0.5, 0.6) is 0 Å². The van der Waals surface area contributed by atoms with Crippen molar-refractivity contribution in [1.29, 1.82) is 0 Å². The van der Waals surface area contributed by atoms with Crippen LogP contribution in [0.25, 0.3) is 0 Å². The maximum atomic E-state index is 2.92. The molecule has 1 heteroatoms. The van der Waals surface area contributed by atoms with Gasteiger partial charge < -0.3 is 5.32 Å². The van der Waals surface area contributed by atoms with E-state index in [1.807, 2.05) is 36.7 Å². The molecule has 2 aliphatic rings. The van der Waals surface area contributed by atoms with E-state index in [1.54, 1.807) is 0 Å². The predicted molar refractivity (Wildman–Crippen MR) is 99.8 cm³/mol. The van der Waals surface area contributed by atoms with Crippen molar-refractivity contribution in [1.82, 2.24) is 5.32 Å². The second kappa shape index (κ2) is 16.4. The zero-order chi connectivity index (χ0) is 15.6. The molecule has 0 atom stereocenters. The fraction of sp³-hybridized carbons (Fsp3) is 0.714. The van der Waals surface area contributed by atoms with E-state index in [0.29, 0.717) is 0 Å². The predicted octanol–water partition coefficient (Wildman–Crippen LogP) is 7.02. The van der Waals surface area contributed by atoms with Gasteiger partial charge in [-0.3, -0.25) is 0 Å². The normalized spacial score (nSPS) is 21.5. The Labute approximate surface area is 139 Å². The Hall–Kier alpha value is -0.980. The second-order valence-corrected chi connectivity index (χ2v) is 6.57. The maximum absolute atomic E-state index is 2.92. The third-order valence-corrected chi connectivity index (χ3v) is 4.47. The van der Waals surface area contributed by atoms with Gasteiger partial charge in [0.15, 0.2) is 0 Å². The van der Waals surface area contributed by atoms with E-state index in [0.717, 1.165) is 0 Å². The summed E-state index contributed by atoms with van der Waals surface area (Å²) in [5.74, 6) is 0. The van der Waals surface area contributed by atoms with E-state index in [2.05, 4.69) is 5.32 Å². The van der Waals surface area contributed by atoms with Crippen LogP contribution in [0.15, 0.2) is 36.7 Å². The number of nitrogens with one attached hydrogen (secondary N) is 1. The van der Waals surface area contributed by atoms with Crippen LogP contribution in [-0.2, 0) is 0 Å². The van der Waals surface area contributed by atoms with Crippen LogP contribution in [0.2, 0.25) is 0 Å². The Morgan fingerprint density at radius 3 is 0.773 bits per heavy atom. The van der Waals surface area contributed by atoms with E-state index in [4.69, 9.17) is 0 Å². The van der Waals surface area contributed by atoms with Gasteiger partial charge in [-0.25, -0.2) is 0 Å². The summed E-state index contributed by atoms with van der Waals surface area (Å²) in [5.41, 5.74) is 0.